The first-order valence-electron chi connectivity index (χ1n) is 9.03. The predicted octanol–water partition coefficient (Wildman–Crippen LogP) is 1.14. The van der Waals surface area contributed by atoms with Gasteiger partial charge in [-0.15, -0.1) is 0 Å². The third-order valence-electron chi connectivity index (χ3n) is 4.84. The van der Waals surface area contributed by atoms with E-state index >= 15 is 0 Å². The standard InChI is InChI=1S/C20H19N5O4/c1-25-16-7-6-11(8-14(16)22-17(25)10-26)21-18(27)9-15-20(29)23-13-5-3-2-4-12(13)19(28)24-15/h2-8,15,26H,9-10H2,1H3,(H,21,27)(H,23,29)(H,24,28)/t15-/m1/s1. The average molecular weight is 393 g/mol. The molecule has 0 radical (unpaired) electrons. The van der Waals surface area contributed by atoms with Crippen LogP contribution >= 0.6 is 0 Å². The van der Waals surface area contributed by atoms with Crippen LogP contribution in [0.5, 0.6) is 0 Å². The minimum Gasteiger partial charge on any atom is -0.388 e. The number of carbonyl (C=O) groups excluding carboxylic acids is 3. The van der Waals surface area contributed by atoms with Crippen LogP contribution < -0.4 is 16.0 Å². The number of rotatable bonds is 4. The van der Waals surface area contributed by atoms with E-state index in [1.54, 1.807) is 54.1 Å². The van der Waals surface area contributed by atoms with Crippen LogP contribution in [0.3, 0.4) is 0 Å². The molecule has 0 saturated carbocycles. The number of nitrogens with one attached hydrogen (secondary N) is 3. The first kappa shape index (κ1) is 18.6. The van der Waals surface area contributed by atoms with Gasteiger partial charge in [-0.05, 0) is 30.3 Å². The lowest BCUT2D eigenvalue weighted by Crippen LogP contribution is -2.43. The Bertz CT molecular complexity index is 1140. The highest BCUT2D eigenvalue weighted by Crippen LogP contribution is 2.21. The molecular weight excluding hydrogens is 374 g/mol. The maximum absolute atomic E-state index is 12.5. The maximum atomic E-state index is 12.5. The lowest BCUT2D eigenvalue weighted by atomic mass is 10.1. The molecule has 0 bridgehead atoms. The van der Waals surface area contributed by atoms with Gasteiger partial charge in [-0.1, -0.05) is 12.1 Å². The van der Waals surface area contributed by atoms with Gasteiger partial charge in [0.25, 0.3) is 5.91 Å². The van der Waals surface area contributed by atoms with Gasteiger partial charge in [0, 0.05) is 12.7 Å². The molecule has 1 aliphatic rings. The van der Waals surface area contributed by atoms with Crippen molar-refractivity contribution in [2.75, 3.05) is 10.6 Å². The maximum Gasteiger partial charge on any atom is 0.254 e. The van der Waals surface area contributed by atoms with E-state index in [2.05, 4.69) is 20.9 Å². The first-order valence-corrected chi connectivity index (χ1v) is 9.03. The Hall–Kier alpha value is -3.72. The number of anilines is 2. The number of aliphatic hydroxyl groups is 1. The third-order valence-corrected chi connectivity index (χ3v) is 4.84. The number of para-hydroxylation sites is 1. The molecule has 1 aromatic heterocycles. The Balaban J connectivity index is 1.48. The molecule has 4 N–H and O–H groups in total. The summed E-state index contributed by atoms with van der Waals surface area (Å²) >= 11 is 0. The molecule has 3 aromatic rings. The zero-order valence-corrected chi connectivity index (χ0v) is 15.6. The van der Waals surface area contributed by atoms with Crippen LogP contribution in [-0.2, 0) is 23.2 Å². The molecule has 2 heterocycles. The molecule has 29 heavy (non-hydrogen) atoms. The van der Waals surface area contributed by atoms with Crippen LogP contribution in [0.25, 0.3) is 11.0 Å². The van der Waals surface area contributed by atoms with Gasteiger partial charge in [-0.3, -0.25) is 14.4 Å². The van der Waals surface area contributed by atoms with Crippen molar-refractivity contribution >= 4 is 40.1 Å². The van der Waals surface area contributed by atoms with Crippen LogP contribution in [-0.4, -0.2) is 38.4 Å². The molecule has 9 heteroatoms. The van der Waals surface area contributed by atoms with Crippen LogP contribution in [0.4, 0.5) is 11.4 Å². The van der Waals surface area contributed by atoms with Gasteiger partial charge in [0.1, 0.15) is 18.5 Å². The molecule has 2 aromatic carbocycles. The SMILES string of the molecule is Cn1c(CO)nc2cc(NC(=O)C[C@H]3NC(=O)c4ccccc4NC3=O)ccc21. The Morgan fingerprint density at radius 2 is 2.03 bits per heavy atom. The second kappa shape index (κ2) is 7.36. The lowest BCUT2D eigenvalue weighted by Gasteiger charge is -2.14. The topological polar surface area (TPSA) is 125 Å². The van der Waals surface area contributed by atoms with E-state index in [4.69, 9.17) is 0 Å². The molecule has 1 atom stereocenters. The number of hydrogen-bond acceptors (Lipinski definition) is 5. The van der Waals surface area contributed by atoms with E-state index in [0.29, 0.717) is 28.3 Å². The summed E-state index contributed by atoms with van der Waals surface area (Å²) in [7, 11) is 1.80. The summed E-state index contributed by atoms with van der Waals surface area (Å²) < 4.78 is 1.77. The molecule has 0 spiro atoms. The van der Waals surface area contributed by atoms with Gasteiger partial charge in [-0.2, -0.15) is 0 Å². The number of nitrogens with zero attached hydrogens (tertiary/aromatic N) is 2. The number of fused-ring (bicyclic) bond motifs is 2. The van der Waals surface area contributed by atoms with E-state index < -0.39 is 23.8 Å². The average Bonchev–Trinajstić information content (AvgIpc) is 2.96. The van der Waals surface area contributed by atoms with Crippen LogP contribution in [0.2, 0.25) is 0 Å². The summed E-state index contributed by atoms with van der Waals surface area (Å²) in [6, 6.07) is 10.9. The van der Waals surface area contributed by atoms with E-state index in [0.717, 1.165) is 5.52 Å². The summed E-state index contributed by atoms with van der Waals surface area (Å²) in [6.45, 7) is -0.189. The second-order valence-corrected chi connectivity index (χ2v) is 6.76. The number of benzene rings is 2. The number of hydrogen-bond donors (Lipinski definition) is 4. The lowest BCUT2D eigenvalue weighted by molar-refractivity contribution is -0.122. The number of aryl methyl sites for hydroxylation is 1. The molecule has 1 aliphatic heterocycles. The molecule has 0 unspecified atom stereocenters. The zero-order valence-electron chi connectivity index (χ0n) is 15.6. The zero-order chi connectivity index (χ0) is 20.5. The summed E-state index contributed by atoms with van der Waals surface area (Å²) in [6.07, 6.45) is -0.215. The van der Waals surface area contributed by atoms with E-state index in [9.17, 15) is 19.5 Å². The largest absolute Gasteiger partial charge is 0.388 e. The van der Waals surface area contributed by atoms with Gasteiger partial charge in [-0.25, -0.2) is 4.98 Å². The van der Waals surface area contributed by atoms with Crippen molar-refractivity contribution in [3.05, 3.63) is 53.9 Å². The first-order chi connectivity index (χ1) is 14.0. The summed E-state index contributed by atoms with van der Waals surface area (Å²) in [5, 5.41) is 17.3. The van der Waals surface area contributed by atoms with E-state index in [1.807, 2.05) is 0 Å². The van der Waals surface area contributed by atoms with Gasteiger partial charge in [0.15, 0.2) is 0 Å². The molecule has 0 fully saturated rings. The van der Waals surface area contributed by atoms with Crippen molar-refractivity contribution in [3.8, 4) is 0 Å². The number of imidazole rings is 1. The van der Waals surface area contributed by atoms with Crippen molar-refractivity contribution in [3.63, 3.8) is 0 Å². The minimum absolute atomic E-state index is 0.189. The molecule has 148 valence electrons. The monoisotopic (exact) mass is 393 g/mol. The molecule has 0 saturated heterocycles. The van der Waals surface area contributed by atoms with Gasteiger partial charge in [0.2, 0.25) is 11.8 Å². The van der Waals surface area contributed by atoms with Crippen molar-refractivity contribution in [1.82, 2.24) is 14.9 Å². The van der Waals surface area contributed by atoms with Gasteiger partial charge >= 0.3 is 0 Å². The number of carbonyl (C=O) groups is 3. The smallest absolute Gasteiger partial charge is 0.254 e. The fraction of sp³-hybridized carbons (Fsp3) is 0.200. The van der Waals surface area contributed by atoms with Crippen LogP contribution in [0.15, 0.2) is 42.5 Å². The highest BCUT2D eigenvalue weighted by Gasteiger charge is 2.29. The number of aromatic nitrogens is 2. The molecule has 3 amide bonds. The quantitative estimate of drug-likeness (QED) is 0.529. The van der Waals surface area contributed by atoms with E-state index in [1.165, 1.54) is 0 Å². The Morgan fingerprint density at radius 3 is 2.83 bits per heavy atom. The summed E-state index contributed by atoms with van der Waals surface area (Å²) in [4.78, 5) is 41.5. The molecular formula is C20H19N5O4. The normalized spacial score (nSPS) is 16.0. The van der Waals surface area contributed by atoms with Gasteiger partial charge in [0.05, 0.1) is 28.7 Å². The highest BCUT2D eigenvalue weighted by molar-refractivity contribution is 6.11. The third kappa shape index (κ3) is 3.55. The molecule has 9 nitrogen and oxygen atoms in total. The Labute approximate surface area is 165 Å². The van der Waals surface area contributed by atoms with Crippen LogP contribution in [0, 0.1) is 0 Å². The van der Waals surface area contributed by atoms with Crippen molar-refractivity contribution in [2.24, 2.45) is 7.05 Å². The second-order valence-electron chi connectivity index (χ2n) is 6.76. The van der Waals surface area contributed by atoms with E-state index in [-0.39, 0.29) is 13.0 Å². The van der Waals surface area contributed by atoms with Crippen molar-refractivity contribution in [1.29, 1.82) is 0 Å². The van der Waals surface area contributed by atoms with Crippen molar-refractivity contribution < 1.29 is 19.5 Å². The fourth-order valence-corrected chi connectivity index (χ4v) is 3.32. The van der Waals surface area contributed by atoms with Crippen LogP contribution in [0.1, 0.15) is 22.6 Å². The highest BCUT2D eigenvalue weighted by atomic mass is 16.3. The number of aliphatic hydroxyl groups excluding tert-OH is 1. The summed E-state index contributed by atoms with van der Waals surface area (Å²) in [5.41, 5.74) is 2.72. The van der Waals surface area contributed by atoms with Crippen molar-refractivity contribution in [2.45, 2.75) is 19.1 Å². The molecule has 0 aliphatic carbocycles. The minimum atomic E-state index is -0.991. The predicted molar refractivity (Wildman–Crippen MR) is 106 cm³/mol. The number of amides is 3. The van der Waals surface area contributed by atoms with Gasteiger partial charge < -0.3 is 25.6 Å². The summed E-state index contributed by atoms with van der Waals surface area (Å²) in [5.74, 6) is -0.774. The Kier molecular flexibility index (Phi) is 4.73. The Morgan fingerprint density at radius 1 is 1.24 bits per heavy atom. The fourth-order valence-electron chi connectivity index (χ4n) is 3.32. The molecule has 4 rings (SSSR count).